The molecule has 0 atom stereocenters. The Morgan fingerprint density at radius 1 is 1.45 bits per heavy atom. The van der Waals surface area contributed by atoms with Crippen LogP contribution in [0.2, 0.25) is 0 Å². The van der Waals surface area contributed by atoms with Crippen molar-refractivity contribution in [3.8, 4) is 5.75 Å². The van der Waals surface area contributed by atoms with E-state index in [1.165, 1.54) is 24.5 Å². The first-order valence-electron chi connectivity index (χ1n) is 5.74. The Bertz CT molecular complexity index is 672. The summed E-state index contributed by atoms with van der Waals surface area (Å²) in [5.41, 5.74) is 0. The normalized spacial score (nSPS) is 11.5. The molecule has 1 aromatic carbocycles. The Morgan fingerprint density at radius 3 is 2.90 bits per heavy atom. The van der Waals surface area contributed by atoms with Crippen LogP contribution in [0.15, 0.2) is 39.1 Å². The number of aromatic nitrogens is 1. The average molecular weight is 377 g/mol. The Labute approximate surface area is 130 Å². The SMILES string of the molecule is COc1ccc(Br)cc1S(=O)(=O)NCCc1nccs1. The fourth-order valence-electron chi connectivity index (χ4n) is 1.61. The second-order valence-corrected chi connectivity index (χ2v) is 7.50. The third kappa shape index (κ3) is 3.78. The maximum Gasteiger partial charge on any atom is 0.244 e. The molecule has 0 saturated heterocycles. The lowest BCUT2D eigenvalue weighted by Crippen LogP contribution is -2.26. The number of benzene rings is 1. The highest BCUT2D eigenvalue weighted by Crippen LogP contribution is 2.27. The molecule has 1 aromatic heterocycles. The van der Waals surface area contributed by atoms with Gasteiger partial charge < -0.3 is 4.74 Å². The van der Waals surface area contributed by atoms with Gasteiger partial charge in [0, 0.05) is 29.0 Å². The van der Waals surface area contributed by atoms with Gasteiger partial charge in [-0.1, -0.05) is 15.9 Å². The third-order valence-electron chi connectivity index (χ3n) is 2.53. The van der Waals surface area contributed by atoms with Crippen molar-refractivity contribution in [3.63, 3.8) is 0 Å². The van der Waals surface area contributed by atoms with E-state index in [1.807, 2.05) is 5.38 Å². The minimum absolute atomic E-state index is 0.119. The molecule has 0 radical (unpaired) electrons. The van der Waals surface area contributed by atoms with Gasteiger partial charge in [-0.2, -0.15) is 0 Å². The van der Waals surface area contributed by atoms with Crippen LogP contribution in [0.5, 0.6) is 5.75 Å². The van der Waals surface area contributed by atoms with Gasteiger partial charge in [-0.25, -0.2) is 18.1 Å². The van der Waals surface area contributed by atoms with E-state index in [0.29, 0.717) is 23.2 Å². The number of methoxy groups -OCH3 is 1. The molecule has 20 heavy (non-hydrogen) atoms. The number of sulfonamides is 1. The molecule has 0 saturated carbocycles. The van der Waals surface area contributed by atoms with Crippen LogP contribution in [0, 0.1) is 0 Å². The van der Waals surface area contributed by atoms with Crippen molar-refractivity contribution >= 4 is 37.3 Å². The molecule has 0 aliphatic rings. The number of halogens is 1. The fraction of sp³-hybridized carbons (Fsp3) is 0.250. The second-order valence-electron chi connectivity index (χ2n) is 3.87. The zero-order chi connectivity index (χ0) is 14.6. The van der Waals surface area contributed by atoms with Gasteiger partial charge in [0.1, 0.15) is 10.6 Å². The first kappa shape index (κ1) is 15.4. The van der Waals surface area contributed by atoms with Crippen LogP contribution < -0.4 is 9.46 Å². The lowest BCUT2D eigenvalue weighted by atomic mass is 10.3. The predicted molar refractivity (Wildman–Crippen MR) is 81.7 cm³/mol. The molecule has 2 aromatic rings. The summed E-state index contributed by atoms with van der Waals surface area (Å²) in [6.07, 6.45) is 2.26. The number of ether oxygens (including phenoxy) is 1. The molecule has 0 bridgehead atoms. The smallest absolute Gasteiger partial charge is 0.244 e. The topological polar surface area (TPSA) is 68.3 Å². The van der Waals surface area contributed by atoms with Crippen LogP contribution in [-0.2, 0) is 16.4 Å². The summed E-state index contributed by atoms with van der Waals surface area (Å²) >= 11 is 4.76. The zero-order valence-electron chi connectivity index (χ0n) is 10.7. The number of thiazole rings is 1. The second kappa shape index (κ2) is 6.66. The number of hydrogen-bond acceptors (Lipinski definition) is 5. The van der Waals surface area contributed by atoms with Gasteiger partial charge in [-0.05, 0) is 18.2 Å². The summed E-state index contributed by atoms with van der Waals surface area (Å²) in [6.45, 7) is 0.297. The minimum atomic E-state index is -3.61. The number of nitrogens with zero attached hydrogens (tertiary/aromatic N) is 1. The van der Waals surface area contributed by atoms with Crippen LogP contribution in [0.3, 0.4) is 0 Å². The summed E-state index contributed by atoms with van der Waals surface area (Å²) in [5.74, 6) is 0.315. The molecule has 0 spiro atoms. The summed E-state index contributed by atoms with van der Waals surface area (Å²) in [4.78, 5) is 4.23. The van der Waals surface area contributed by atoms with E-state index in [2.05, 4.69) is 25.6 Å². The highest BCUT2D eigenvalue weighted by atomic mass is 79.9. The van der Waals surface area contributed by atoms with Gasteiger partial charge in [0.05, 0.1) is 12.1 Å². The van der Waals surface area contributed by atoms with Crippen LogP contribution in [0.1, 0.15) is 5.01 Å². The summed E-state index contributed by atoms with van der Waals surface area (Å²) in [5, 5.41) is 2.76. The van der Waals surface area contributed by atoms with E-state index in [9.17, 15) is 8.42 Å². The molecule has 0 aliphatic heterocycles. The summed E-state index contributed by atoms with van der Waals surface area (Å²) in [7, 11) is -2.16. The largest absolute Gasteiger partial charge is 0.495 e. The van der Waals surface area contributed by atoms with E-state index >= 15 is 0 Å². The van der Waals surface area contributed by atoms with E-state index in [0.717, 1.165) is 5.01 Å². The molecule has 108 valence electrons. The fourth-order valence-corrected chi connectivity index (χ4v) is 3.96. The van der Waals surface area contributed by atoms with Crippen molar-refractivity contribution in [1.29, 1.82) is 0 Å². The molecule has 2 rings (SSSR count). The predicted octanol–water partition coefficient (Wildman–Crippen LogP) is 2.44. The first-order valence-corrected chi connectivity index (χ1v) is 8.90. The van der Waals surface area contributed by atoms with Crippen molar-refractivity contribution in [2.75, 3.05) is 13.7 Å². The Hall–Kier alpha value is -0.960. The van der Waals surface area contributed by atoms with E-state index in [1.54, 1.807) is 18.3 Å². The lowest BCUT2D eigenvalue weighted by Gasteiger charge is -2.10. The molecule has 0 aliphatic carbocycles. The van der Waals surface area contributed by atoms with E-state index in [4.69, 9.17) is 4.74 Å². The number of rotatable bonds is 6. The molecular formula is C12H13BrN2O3S2. The quantitative estimate of drug-likeness (QED) is 0.840. The molecule has 1 N–H and O–H groups in total. The van der Waals surface area contributed by atoms with Crippen LogP contribution in [0.4, 0.5) is 0 Å². The van der Waals surface area contributed by atoms with Crippen LogP contribution >= 0.6 is 27.3 Å². The standard InChI is InChI=1S/C12H13BrN2O3S2/c1-18-10-3-2-9(13)8-11(10)20(16,17)15-5-4-12-14-6-7-19-12/h2-3,6-8,15H,4-5H2,1H3. The van der Waals surface area contributed by atoms with Gasteiger partial charge in [0.25, 0.3) is 0 Å². The highest BCUT2D eigenvalue weighted by Gasteiger charge is 2.19. The van der Waals surface area contributed by atoms with Gasteiger partial charge in [-0.15, -0.1) is 11.3 Å². The molecule has 0 amide bonds. The van der Waals surface area contributed by atoms with E-state index < -0.39 is 10.0 Å². The molecule has 0 fully saturated rings. The maximum absolute atomic E-state index is 12.3. The Kier molecular flexibility index (Phi) is 5.14. The van der Waals surface area contributed by atoms with Crippen LogP contribution in [0.25, 0.3) is 0 Å². The summed E-state index contributed by atoms with van der Waals surface area (Å²) in [6, 6.07) is 4.86. The lowest BCUT2D eigenvalue weighted by molar-refractivity contribution is 0.402. The Morgan fingerprint density at radius 2 is 2.25 bits per heavy atom. The summed E-state index contributed by atoms with van der Waals surface area (Å²) < 4.78 is 32.8. The van der Waals surface area contributed by atoms with Gasteiger partial charge >= 0.3 is 0 Å². The van der Waals surface area contributed by atoms with Crippen molar-refractivity contribution < 1.29 is 13.2 Å². The molecule has 0 unspecified atom stereocenters. The highest BCUT2D eigenvalue weighted by molar-refractivity contribution is 9.10. The molecule has 5 nitrogen and oxygen atoms in total. The molecule has 8 heteroatoms. The monoisotopic (exact) mass is 376 g/mol. The van der Waals surface area contributed by atoms with Crippen molar-refractivity contribution in [2.45, 2.75) is 11.3 Å². The molecular weight excluding hydrogens is 364 g/mol. The van der Waals surface area contributed by atoms with Crippen molar-refractivity contribution in [2.24, 2.45) is 0 Å². The van der Waals surface area contributed by atoms with Crippen molar-refractivity contribution in [3.05, 3.63) is 39.3 Å². The minimum Gasteiger partial charge on any atom is -0.495 e. The molecule has 1 heterocycles. The van der Waals surface area contributed by atoms with Gasteiger partial charge in [0.15, 0.2) is 0 Å². The number of hydrogen-bond donors (Lipinski definition) is 1. The van der Waals surface area contributed by atoms with Gasteiger partial charge in [0.2, 0.25) is 10.0 Å². The van der Waals surface area contributed by atoms with Crippen LogP contribution in [-0.4, -0.2) is 27.1 Å². The zero-order valence-corrected chi connectivity index (χ0v) is 13.9. The Balaban J connectivity index is 2.11. The third-order valence-corrected chi connectivity index (χ3v) is 5.34. The average Bonchev–Trinajstić information content (AvgIpc) is 2.91. The number of nitrogens with one attached hydrogen (secondary N) is 1. The van der Waals surface area contributed by atoms with Gasteiger partial charge in [-0.3, -0.25) is 0 Å². The maximum atomic E-state index is 12.3. The first-order chi connectivity index (χ1) is 9.53. The van der Waals surface area contributed by atoms with Crippen molar-refractivity contribution in [1.82, 2.24) is 9.71 Å². The van der Waals surface area contributed by atoms with E-state index in [-0.39, 0.29) is 4.90 Å².